The van der Waals surface area contributed by atoms with E-state index in [9.17, 15) is 14.7 Å². The van der Waals surface area contributed by atoms with Crippen LogP contribution in [0.15, 0.2) is 58.9 Å². The molecule has 1 saturated carbocycles. The topological polar surface area (TPSA) is 94.1 Å². The zero-order valence-corrected chi connectivity index (χ0v) is 24.0. The fourth-order valence-electron chi connectivity index (χ4n) is 6.18. The van der Waals surface area contributed by atoms with Crippen molar-refractivity contribution >= 4 is 23.4 Å². The molecular weight excluding hydrogens is 530 g/mol. The van der Waals surface area contributed by atoms with Crippen molar-refractivity contribution in [2.75, 3.05) is 13.7 Å². The average molecular weight is 566 g/mol. The molecule has 40 heavy (non-hydrogen) atoms. The molecule has 2 atom stereocenters. The summed E-state index contributed by atoms with van der Waals surface area (Å²) < 4.78 is 17.0. The van der Waals surface area contributed by atoms with Crippen molar-refractivity contribution in [2.24, 2.45) is 0 Å². The molecule has 2 aromatic carbocycles. The lowest BCUT2D eigenvalue weighted by Gasteiger charge is -2.37. The van der Waals surface area contributed by atoms with Gasteiger partial charge in [-0.15, -0.1) is 0 Å². The first kappa shape index (κ1) is 28.1. The molecule has 8 heteroatoms. The van der Waals surface area contributed by atoms with E-state index in [2.05, 4.69) is 5.32 Å². The number of benzene rings is 2. The second-order valence-electron chi connectivity index (χ2n) is 10.7. The largest absolute Gasteiger partial charge is 0.503 e. The van der Waals surface area contributed by atoms with Crippen LogP contribution in [0.2, 0.25) is 5.02 Å². The van der Waals surface area contributed by atoms with E-state index in [1.807, 2.05) is 38.1 Å². The first-order valence-electron chi connectivity index (χ1n) is 14.0. The Morgan fingerprint density at radius 3 is 2.48 bits per heavy atom. The number of rotatable bonds is 7. The van der Waals surface area contributed by atoms with Gasteiger partial charge in [0.25, 0.3) is 0 Å². The summed E-state index contributed by atoms with van der Waals surface area (Å²) in [6, 6.07) is 11.1. The van der Waals surface area contributed by atoms with Gasteiger partial charge in [-0.25, -0.2) is 4.79 Å². The van der Waals surface area contributed by atoms with Crippen molar-refractivity contribution in [1.82, 2.24) is 5.32 Å². The van der Waals surface area contributed by atoms with Gasteiger partial charge >= 0.3 is 5.97 Å². The Labute approximate surface area is 240 Å². The number of carbonyl (C=O) groups is 2. The van der Waals surface area contributed by atoms with Gasteiger partial charge in [-0.1, -0.05) is 30.2 Å². The van der Waals surface area contributed by atoms with E-state index in [-0.39, 0.29) is 34.3 Å². The van der Waals surface area contributed by atoms with Crippen molar-refractivity contribution in [2.45, 2.75) is 76.7 Å². The quantitative estimate of drug-likeness (QED) is 0.361. The molecule has 7 nitrogen and oxygen atoms in total. The second-order valence-corrected chi connectivity index (χ2v) is 11.1. The van der Waals surface area contributed by atoms with Crippen LogP contribution in [-0.2, 0) is 14.3 Å². The Balaban J connectivity index is 1.57. The lowest BCUT2D eigenvalue weighted by atomic mass is 9.71. The highest BCUT2D eigenvalue weighted by Crippen LogP contribution is 2.48. The minimum absolute atomic E-state index is 0.0174. The molecule has 3 aliphatic rings. The number of Topliss-reactive ketones (excluding diaryl/α,β-unsaturated/α-hetero) is 1. The predicted octanol–water partition coefficient (Wildman–Crippen LogP) is 6.69. The van der Waals surface area contributed by atoms with Gasteiger partial charge in [0.05, 0.1) is 24.3 Å². The minimum atomic E-state index is -0.700. The van der Waals surface area contributed by atoms with Crippen LogP contribution < -0.4 is 14.8 Å². The summed E-state index contributed by atoms with van der Waals surface area (Å²) in [4.78, 5) is 27.7. The standard InChI is InChI=1S/C32H36ClNO6/c1-4-39-27-17-21(14-24(33)31(27)36)29-28(32(37)40-23-8-6-5-7-9-23)18(2)34-25-15-20(16-26(35)30(25)29)19-10-12-22(38-3)13-11-19/h10-14,17,20,23,29,34,36H,4-9,15-16H2,1-3H3/t20-,29+/m1/s1. The minimum Gasteiger partial charge on any atom is -0.503 e. The third-order valence-corrected chi connectivity index (χ3v) is 8.43. The number of hydrogen-bond donors (Lipinski definition) is 2. The third-order valence-electron chi connectivity index (χ3n) is 8.14. The van der Waals surface area contributed by atoms with E-state index in [0.717, 1.165) is 49.1 Å². The van der Waals surface area contributed by atoms with Crippen LogP contribution in [0.5, 0.6) is 17.2 Å². The molecule has 2 aliphatic carbocycles. The highest BCUT2D eigenvalue weighted by Gasteiger charge is 2.42. The van der Waals surface area contributed by atoms with Crippen LogP contribution in [0, 0.1) is 0 Å². The molecule has 0 unspecified atom stereocenters. The normalized spacial score (nSPS) is 21.6. The predicted molar refractivity (Wildman–Crippen MR) is 153 cm³/mol. The number of phenols is 1. The number of methoxy groups -OCH3 is 1. The molecule has 0 radical (unpaired) electrons. The smallest absolute Gasteiger partial charge is 0.337 e. The van der Waals surface area contributed by atoms with Crippen molar-refractivity contribution in [1.29, 1.82) is 0 Å². The summed E-state index contributed by atoms with van der Waals surface area (Å²) in [5.74, 6) is -0.390. The fraction of sp³-hybridized carbons (Fsp3) is 0.438. The Morgan fingerprint density at radius 2 is 1.80 bits per heavy atom. The van der Waals surface area contributed by atoms with Crippen LogP contribution in [0.25, 0.3) is 0 Å². The fourth-order valence-corrected chi connectivity index (χ4v) is 6.40. The Kier molecular flexibility index (Phi) is 8.40. The maximum absolute atomic E-state index is 13.9. The van der Waals surface area contributed by atoms with Crippen molar-refractivity contribution < 1.29 is 28.9 Å². The SMILES string of the molecule is CCOc1cc([C@H]2C(C(=O)OC3CCCCC3)=C(C)NC3=C2C(=O)C[C@H](c2ccc(OC)cc2)C3)cc(Cl)c1O. The molecule has 0 aromatic heterocycles. The number of halogens is 1. The molecule has 1 fully saturated rings. The zero-order valence-electron chi connectivity index (χ0n) is 23.2. The van der Waals surface area contributed by atoms with Gasteiger partial charge in [-0.05, 0) is 87.3 Å². The maximum atomic E-state index is 13.9. The van der Waals surface area contributed by atoms with Crippen LogP contribution in [0.3, 0.4) is 0 Å². The molecule has 1 aliphatic heterocycles. The molecule has 0 amide bonds. The van der Waals surface area contributed by atoms with Gasteiger partial charge in [-0.2, -0.15) is 0 Å². The molecule has 5 rings (SSSR count). The number of allylic oxidation sites excluding steroid dienone is 3. The number of carbonyl (C=O) groups excluding carboxylic acids is 2. The number of aromatic hydroxyl groups is 1. The monoisotopic (exact) mass is 565 g/mol. The number of esters is 1. The molecule has 2 N–H and O–H groups in total. The zero-order chi connectivity index (χ0) is 28.4. The summed E-state index contributed by atoms with van der Waals surface area (Å²) in [5, 5.41) is 14.0. The lowest BCUT2D eigenvalue weighted by molar-refractivity contribution is -0.146. The molecule has 0 bridgehead atoms. The van der Waals surface area contributed by atoms with Crippen molar-refractivity contribution in [3.05, 3.63) is 75.1 Å². The number of nitrogens with one attached hydrogen (secondary N) is 1. The number of dihydropyridines is 1. The number of ether oxygens (including phenoxy) is 3. The van der Waals surface area contributed by atoms with Gasteiger partial charge in [0, 0.05) is 29.3 Å². The van der Waals surface area contributed by atoms with Gasteiger partial charge in [-0.3, -0.25) is 4.79 Å². The van der Waals surface area contributed by atoms with Crippen LogP contribution >= 0.6 is 11.6 Å². The molecule has 212 valence electrons. The first-order valence-corrected chi connectivity index (χ1v) is 14.4. The number of hydrogen-bond acceptors (Lipinski definition) is 7. The third kappa shape index (κ3) is 5.57. The lowest BCUT2D eigenvalue weighted by Crippen LogP contribution is -2.37. The Morgan fingerprint density at radius 1 is 1.07 bits per heavy atom. The summed E-state index contributed by atoms with van der Waals surface area (Å²) in [6.45, 7) is 3.98. The highest BCUT2D eigenvalue weighted by molar-refractivity contribution is 6.32. The number of ketones is 1. The first-order chi connectivity index (χ1) is 19.3. The van der Waals surface area contributed by atoms with Gasteiger partial charge < -0.3 is 24.6 Å². The highest BCUT2D eigenvalue weighted by atomic mass is 35.5. The average Bonchev–Trinajstić information content (AvgIpc) is 2.95. The van der Waals surface area contributed by atoms with E-state index in [1.165, 1.54) is 0 Å². The van der Waals surface area contributed by atoms with Crippen LogP contribution in [0.1, 0.15) is 81.8 Å². The van der Waals surface area contributed by atoms with E-state index in [4.69, 9.17) is 25.8 Å². The van der Waals surface area contributed by atoms with E-state index >= 15 is 0 Å². The molecule has 0 saturated heterocycles. The van der Waals surface area contributed by atoms with Crippen LogP contribution in [0.4, 0.5) is 0 Å². The van der Waals surface area contributed by atoms with Crippen LogP contribution in [-0.4, -0.2) is 36.7 Å². The second kappa shape index (κ2) is 12.0. The summed E-state index contributed by atoms with van der Waals surface area (Å²) in [5.41, 5.74) is 4.02. The van der Waals surface area contributed by atoms with E-state index < -0.39 is 11.9 Å². The summed E-state index contributed by atoms with van der Waals surface area (Å²) >= 11 is 6.44. The summed E-state index contributed by atoms with van der Waals surface area (Å²) in [6.07, 6.45) is 5.66. The van der Waals surface area contributed by atoms with E-state index in [1.54, 1.807) is 19.2 Å². The number of phenolic OH excluding ortho intramolecular Hbond substituents is 1. The molecule has 1 heterocycles. The van der Waals surface area contributed by atoms with Gasteiger partial charge in [0.15, 0.2) is 17.3 Å². The van der Waals surface area contributed by atoms with Crippen molar-refractivity contribution in [3.8, 4) is 17.2 Å². The molecular formula is C32H36ClNO6. The Bertz CT molecular complexity index is 1360. The molecule has 2 aromatic rings. The maximum Gasteiger partial charge on any atom is 0.337 e. The molecule has 0 spiro atoms. The van der Waals surface area contributed by atoms with Gasteiger partial charge in [0.2, 0.25) is 0 Å². The van der Waals surface area contributed by atoms with Gasteiger partial charge in [0.1, 0.15) is 11.9 Å². The van der Waals surface area contributed by atoms with Crippen molar-refractivity contribution in [3.63, 3.8) is 0 Å². The Hall–Kier alpha value is -3.45. The van der Waals surface area contributed by atoms with E-state index in [0.29, 0.717) is 41.9 Å². The summed E-state index contributed by atoms with van der Waals surface area (Å²) in [7, 11) is 1.63.